The zero-order valence-corrected chi connectivity index (χ0v) is 13.4. The Morgan fingerprint density at radius 3 is 2.32 bits per heavy atom. The van der Waals surface area contributed by atoms with Gasteiger partial charge in [-0.05, 0) is 53.6 Å². The quantitative estimate of drug-likeness (QED) is 0.573. The Morgan fingerprint density at radius 1 is 1.12 bits per heavy atom. The summed E-state index contributed by atoms with van der Waals surface area (Å²) in [5.41, 5.74) is 14.7. The maximum absolute atomic E-state index is 13.3. The van der Waals surface area contributed by atoms with E-state index in [-0.39, 0.29) is 18.7 Å². The number of nitrogen functional groups attached to an aromatic ring is 1. The minimum atomic E-state index is -1.60. The van der Waals surface area contributed by atoms with Crippen molar-refractivity contribution in [1.82, 2.24) is 5.32 Å². The molecule has 0 aliphatic heterocycles. The fraction of sp³-hybridized carbons (Fsp3) is 0.278. The van der Waals surface area contributed by atoms with Crippen molar-refractivity contribution in [3.05, 3.63) is 64.0 Å². The standard InChI is InChI=1S/C18H18F3N3O/c19-14-5-10(6-15(20)17(14)21)18(25)24-8-13-11(9-1-2-9)3-4-16(23)12(13)7-22/h3-6,9H,1-2,7-8,22-23H2,(H,24,25). The normalized spacial score (nSPS) is 13.8. The molecule has 0 unspecified atom stereocenters. The zero-order chi connectivity index (χ0) is 18.1. The minimum Gasteiger partial charge on any atom is -0.398 e. The molecule has 0 atom stereocenters. The van der Waals surface area contributed by atoms with E-state index in [4.69, 9.17) is 11.5 Å². The number of anilines is 1. The average Bonchev–Trinajstić information content (AvgIpc) is 3.42. The monoisotopic (exact) mass is 349 g/mol. The summed E-state index contributed by atoms with van der Waals surface area (Å²) in [6.07, 6.45) is 2.12. The lowest BCUT2D eigenvalue weighted by molar-refractivity contribution is 0.0949. The lowest BCUT2D eigenvalue weighted by Crippen LogP contribution is -2.25. The van der Waals surface area contributed by atoms with Crippen LogP contribution in [0, 0.1) is 17.5 Å². The van der Waals surface area contributed by atoms with Gasteiger partial charge in [-0.3, -0.25) is 4.79 Å². The van der Waals surface area contributed by atoms with Crippen LogP contribution in [-0.2, 0) is 13.1 Å². The molecule has 132 valence electrons. The molecule has 0 spiro atoms. The van der Waals surface area contributed by atoms with Crippen molar-refractivity contribution in [2.45, 2.75) is 31.8 Å². The molecule has 1 saturated carbocycles. The Labute approximate surface area is 143 Å². The van der Waals surface area contributed by atoms with Gasteiger partial charge in [0.2, 0.25) is 0 Å². The Balaban J connectivity index is 1.84. The molecule has 1 amide bonds. The van der Waals surface area contributed by atoms with Crippen LogP contribution in [0.25, 0.3) is 0 Å². The molecule has 1 fully saturated rings. The SMILES string of the molecule is NCc1c(N)ccc(C2CC2)c1CNC(=O)c1cc(F)c(F)c(F)c1. The summed E-state index contributed by atoms with van der Waals surface area (Å²) in [6.45, 7) is 0.347. The van der Waals surface area contributed by atoms with Gasteiger partial charge < -0.3 is 16.8 Å². The third kappa shape index (κ3) is 3.46. The highest BCUT2D eigenvalue weighted by Gasteiger charge is 2.27. The molecule has 0 saturated heterocycles. The second kappa shape index (κ2) is 6.76. The van der Waals surface area contributed by atoms with Crippen molar-refractivity contribution in [3.63, 3.8) is 0 Å². The number of amides is 1. The molecule has 0 heterocycles. The fourth-order valence-corrected chi connectivity index (χ4v) is 2.91. The molecule has 1 aliphatic rings. The highest BCUT2D eigenvalue weighted by Crippen LogP contribution is 2.43. The van der Waals surface area contributed by atoms with Crippen molar-refractivity contribution in [2.75, 3.05) is 5.73 Å². The Morgan fingerprint density at radius 2 is 1.76 bits per heavy atom. The average molecular weight is 349 g/mol. The highest BCUT2D eigenvalue weighted by atomic mass is 19.2. The molecule has 3 rings (SSSR count). The van der Waals surface area contributed by atoms with Gasteiger partial charge in [0.15, 0.2) is 17.5 Å². The first kappa shape index (κ1) is 17.3. The van der Waals surface area contributed by atoms with Crippen LogP contribution >= 0.6 is 0 Å². The number of carbonyl (C=O) groups excluding carboxylic acids is 1. The van der Waals surface area contributed by atoms with Gasteiger partial charge in [0.25, 0.3) is 5.91 Å². The van der Waals surface area contributed by atoms with Crippen LogP contribution in [0.3, 0.4) is 0 Å². The number of halogens is 3. The Kier molecular flexibility index (Phi) is 4.67. The lowest BCUT2D eigenvalue weighted by Gasteiger charge is -2.17. The first-order valence-corrected chi connectivity index (χ1v) is 7.95. The van der Waals surface area contributed by atoms with Crippen molar-refractivity contribution in [2.24, 2.45) is 5.73 Å². The fourth-order valence-electron chi connectivity index (χ4n) is 2.91. The van der Waals surface area contributed by atoms with Crippen LogP contribution in [0.2, 0.25) is 0 Å². The molecule has 2 aromatic rings. The summed E-state index contributed by atoms with van der Waals surface area (Å²) >= 11 is 0. The van der Waals surface area contributed by atoms with E-state index < -0.39 is 23.4 Å². The van der Waals surface area contributed by atoms with Crippen molar-refractivity contribution >= 4 is 11.6 Å². The van der Waals surface area contributed by atoms with E-state index >= 15 is 0 Å². The van der Waals surface area contributed by atoms with E-state index in [1.165, 1.54) is 0 Å². The molecular weight excluding hydrogens is 331 g/mol. The number of nitrogens with two attached hydrogens (primary N) is 2. The molecular formula is C18H18F3N3O. The molecule has 7 heteroatoms. The number of rotatable bonds is 5. The molecule has 0 radical (unpaired) electrons. The van der Waals surface area contributed by atoms with E-state index in [2.05, 4.69) is 5.32 Å². The van der Waals surface area contributed by atoms with Crippen LogP contribution in [0.5, 0.6) is 0 Å². The second-order valence-electron chi connectivity index (χ2n) is 6.12. The van der Waals surface area contributed by atoms with Gasteiger partial charge in [-0.2, -0.15) is 0 Å². The lowest BCUT2D eigenvalue weighted by atomic mass is 9.96. The Bertz CT molecular complexity index is 812. The molecule has 0 bridgehead atoms. The minimum absolute atomic E-state index is 0.128. The van der Waals surface area contributed by atoms with E-state index in [0.717, 1.165) is 29.5 Å². The first-order valence-electron chi connectivity index (χ1n) is 7.95. The molecule has 5 N–H and O–H groups in total. The van der Waals surface area contributed by atoms with E-state index in [1.807, 2.05) is 6.07 Å². The summed E-state index contributed by atoms with van der Waals surface area (Å²) in [5, 5.41) is 2.61. The first-order chi connectivity index (χ1) is 11.9. The van der Waals surface area contributed by atoms with Crippen LogP contribution in [0.1, 0.15) is 45.8 Å². The van der Waals surface area contributed by atoms with Crippen molar-refractivity contribution in [3.8, 4) is 0 Å². The topological polar surface area (TPSA) is 81.1 Å². The van der Waals surface area contributed by atoms with Gasteiger partial charge in [-0.15, -0.1) is 0 Å². The highest BCUT2D eigenvalue weighted by molar-refractivity contribution is 5.94. The maximum atomic E-state index is 13.3. The largest absolute Gasteiger partial charge is 0.398 e. The van der Waals surface area contributed by atoms with Crippen LogP contribution in [0.15, 0.2) is 24.3 Å². The third-order valence-electron chi connectivity index (χ3n) is 4.40. The van der Waals surface area contributed by atoms with Gasteiger partial charge in [-0.1, -0.05) is 6.07 Å². The van der Waals surface area contributed by atoms with Gasteiger partial charge in [0.05, 0.1) is 0 Å². The smallest absolute Gasteiger partial charge is 0.251 e. The van der Waals surface area contributed by atoms with Gasteiger partial charge in [0, 0.05) is 24.3 Å². The summed E-state index contributed by atoms with van der Waals surface area (Å²) in [5.74, 6) is -4.71. The molecule has 25 heavy (non-hydrogen) atoms. The van der Waals surface area contributed by atoms with Gasteiger partial charge >= 0.3 is 0 Å². The van der Waals surface area contributed by atoms with Crippen molar-refractivity contribution in [1.29, 1.82) is 0 Å². The number of hydrogen-bond donors (Lipinski definition) is 3. The van der Waals surface area contributed by atoms with Gasteiger partial charge in [-0.25, -0.2) is 13.2 Å². The van der Waals surface area contributed by atoms with Crippen LogP contribution < -0.4 is 16.8 Å². The van der Waals surface area contributed by atoms with E-state index in [9.17, 15) is 18.0 Å². The summed E-state index contributed by atoms with van der Waals surface area (Å²) in [7, 11) is 0. The third-order valence-corrected chi connectivity index (χ3v) is 4.40. The predicted octanol–water partition coefficient (Wildman–Crippen LogP) is 2.95. The molecule has 4 nitrogen and oxygen atoms in total. The number of benzene rings is 2. The van der Waals surface area contributed by atoms with Crippen LogP contribution in [-0.4, -0.2) is 5.91 Å². The summed E-state index contributed by atoms with van der Waals surface area (Å²) < 4.78 is 39.6. The zero-order valence-electron chi connectivity index (χ0n) is 13.4. The summed E-state index contributed by atoms with van der Waals surface area (Å²) in [6, 6.07) is 5.05. The number of nitrogens with one attached hydrogen (secondary N) is 1. The molecule has 1 aliphatic carbocycles. The maximum Gasteiger partial charge on any atom is 0.251 e. The molecule has 0 aromatic heterocycles. The van der Waals surface area contributed by atoms with E-state index in [0.29, 0.717) is 23.7 Å². The number of hydrogen-bond acceptors (Lipinski definition) is 3. The van der Waals surface area contributed by atoms with Crippen LogP contribution in [0.4, 0.5) is 18.9 Å². The van der Waals surface area contributed by atoms with Gasteiger partial charge in [0.1, 0.15) is 0 Å². The predicted molar refractivity (Wildman–Crippen MR) is 88.2 cm³/mol. The Hall–Kier alpha value is -2.54. The number of carbonyl (C=O) groups is 1. The van der Waals surface area contributed by atoms with Crippen molar-refractivity contribution < 1.29 is 18.0 Å². The summed E-state index contributed by atoms with van der Waals surface area (Å²) in [4.78, 5) is 12.2. The molecule has 2 aromatic carbocycles. The van der Waals surface area contributed by atoms with E-state index in [1.54, 1.807) is 6.07 Å². The second-order valence-corrected chi connectivity index (χ2v) is 6.12.